The van der Waals surface area contributed by atoms with E-state index in [-0.39, 0.29) is 31.0 Å². The van der Waals surface area contributed by atoms with Crippen LogP contribution in [0.3, 0.4) is 0 Å². The fraction of sp³-hybridized carbons (Fsp3) is 0.333. The van der Waals surface area contributed by atoms with Gasteiger partial charge in [-0.15, -0.1) is 0 Å². The topological polar surface area (TPSA) is 133 Å². The molecule has 1 aromatic carbocycles. The standard InChI is InChI=1S/C11H17NO4.C7H8O3S/c1-3-7-15-10(13)6-5-9(12)11(14)16-8-4-2;1-6-2-4-7(5-3-6)11(8,9)10/h3-4,9H,1-2,5-8,12H2;2-5H,1H3,(H,8,9,10)/t9-;/m0./s1. The smallest absolute Gasteiger partial charge is 0.323 e. The minimum absolute atomic E-state index is 0.0666. The number of carbonyl (C=O) groups is 2. The Labute approximate surface area is 159 Å². The third-order valence-corrected chi connectivity index (χ3v) is 3.85. The Morgan fingerprint density at radius 3 is 2.15 bits per heavy atom. The highest BCUT2D eigenvalue weighted by atomic mass is 32.2. The van der Waals surface area contributed by atoms with Crippen LogP contribution in [0.15, 0.2) is 54.5 Å². The van der Waals surface area contributed by atoms with Crippen molar-refractivity contribution in [2.24, 2.45) is 5.73 Å². The molecule has 8 nitrogen and oxygen atoms in total. The van der Waals surface area contributed by atoms with Gasteiger partial charge in [-0.25, -0.2) is 0 Å². The number of hydrogen-bond acceptors (Lipinski definition) is 7. The molecule has 0 aliphatic heterocycles. The molecule has 1 aromatic rings. The van der Waals surface area contributed by atoms with E-state index in [1.165, 1.54) is 24.3 Å². The fourth-order valence-corrected chi connectivity index (χ4v) is 2.05. The zero-order chi connectivity index (χ0) is 20.9. The second kappa shape index (κ2) is 12.8. The van der Waals surface area contributed by atoms with E-state index in [0.29, 0.717) is 0 Å². The normalized spacial score (nSPS) is 11.4. The first-order chi connectivity index (χ1) is 12.6. The minimum atomic E-state index is -4.02. The molecular weight excluding hydrogens is 374 g/mol. The van der Waals surface area contributed by atoms with Gasteiger partial charge in [0.25, 0.3) is 10.1 Å². The molecule has 0 saturated heterocycles. The molecule has 0 aliphatic carbocycles. The number of ether oxygens (including phenoxy) is 2. The van der Waals surface area contributed by atoms with E-state index in [1.54, 1.807) is 12.1 Å². The molecule has 0 aromatic heterocycles. The van der Waals surface area contributed by atoms with E-state index in [4.69, 9.17) is 19.8 Å². The van der Waals surface area contributed by atoms with E-state index < -0.39 is 28.1 Å². The van der Waals surface area contributed by atoms with Gasteiger partial charge in [-0.2, -0.15) is 8.42 Å². The van der Waals surface area contributed by atoms with Gasteiger partial charge >= 0.3 is 11.9 Å². The highest BCUT2D eigenvalue weighted by molar-refractivity contribution is 7.85. The van der Waals surface area contributed by atoms with Gasteiger partial charge in [-0.3, -0.25) is 14.1 Å². The van der Waals surface area contributed by atoms with E-state index in [9.17, 15) is 18.0 Å². The second-order valence-electron chi connectivity index (χ2n) is 5.32. The summed E-state index contributed by atoms with van der Waals surface area (Å²) in [7, 11) is -4.02. The fourth-order valence-electron chi connectivity index (χ4n) is 1.57. The lowest BCUT2D eigenvalue weighted by Gasteiger charge is -2.09. The molecule has 0 heterocycles. The molecular formula is C18H25NO7S. The van der Waals surface area contributed by atoms with Crippen molar-refractivity contribution in [2.45, 2.75) is 30.7 Å². The quantitative estimate of drug-likeness (QED) is 0.365. The van der Waals surface area contributed by atoms with Crippen LogP contribution in [-0.4, -0.2) is 44.2 Å². The predicted octanol–water partition coefficient (Wildman–Crippen LogP) is 1.79. The van der Waals surface area contributed by atoms with Gasteiger partial charge in [0.2, 0.25) is 0 Å². The number of esters is 2. The maximum Gasteiger partial charge on any atom is 0.323 e. The molecule has 0 fully saturated rings. The van der Waals surface area contributed by atoms with Gasteiger partial charge in [0.1, 0.15) is 19.3 Å². The van der Waals surface area contributed by atoms with Crippen LogP contribution in [0, 0.1) is 6.92 Å². The maximum absolute atomic E-state index is 11.2. The number of hydrogen-bond donors (Lipinski definition) is 2. The Balaban J connectivity index is 0.000000533. The van der Waals surface area contributed by atoms with Crippen molar-refractivity contribution in [3.05, 3.63) is 55.1 Å². The van der Waals surface area contributed by atoms with Crippen LogP contribution >= 0.6 is 0 Å². The van der Waals surface area contributed by atoms with Crippen molar-refractivity contribution in [2.75, 3.05) is 13.2 Å². The first kappa shape index (κ1) is 24.5. The molecule has 0 bridgehead atoms. The molecule has 0 spiro atoms. The summed E-state index contributed by atoms with van der Waals surface area (Å²) in [6, 6.07) is 5.18. The number of carbonyl (C=O) groups excluding carboxylic acids is 2. The second-order valence-corrected chi connectivity index (χ2v) is 6.75. The van der Waals surface area contributed by atoms with Crippen molar-refractivity contribution in [1.29, 1.82) is 0 Å². The van der Waals surface area contributed by atoms with Crippen molar-refractivity contribution in [3.8, 4) is 0 Å². The Kier molecular flexibility index (Phi) is 11.6. The molecule has 0 aliphatic rings. The molecule has 0 saturated carbocycles. The van der Waals surface area contributed by atoms with Crippen LogP contribution < -0.4 is 5.73 Å². The van der Waals surface area contributed by atoms with Gasteiger partial charge < -0.3 is 15.2 Å². The van der Waals surface area contributed by atoms with E-state index in [2.05, 4.69) is 13.2 Å². The zero-order valence-electron chi connectivity index (χ0n) is 15.2. The highest BCUT2D eigenvalue weighted by Gasteiger charge is 2.16. The van der Waals surface area contributed by atoms with Gasteiger partial charge in [0.05, 0.1) is 4.90 Å². The van der Waals surface area contributed by atoms with E-state index in [0.717, 1.165) is 5.56 Å². The molecule has 1 atom stereocenters. The SMILES string of the molecule is C=CCOC(=O)CC[C@H](N)C(=O)OCC=C.Cc1ccc(S(=O)(=O)O)cc1. The summed E-state index contributed by atoms with van der Waals surface area (Å²) in [5, 5.41) is 0. The Hall–Kier alpha value is -2.49. The van der Waals surface area contributed by atoms with Gasteiger partial charge in [-0.1, -0.05) is 43.0 Å². The first-order valence-corrected chi connectivity index (χ1v) is 9.39. The Morgan fingerprint density at radius 2 is 1.67 bits per heavy atom. The Bertz CT molecular complexity index is 727. The van der Waals surface area contributed by atoms with E-state index in [1.807, 2.05) is 6.92 Å². The maximum atomic E-state index is 11.2. The van der Waals surface area contributed by atoms with Crippen molar-refractivity contribution >= 4 is 22.1 Å². The number of rotatable bonds is 9. The van der Waals surface area contributed by atoms with Crippen LogP contribution in [0.4, 0.5) is 0 Å². The average Bonchev–Trinajstić information content (AvgIpc) is 2.62. The van der Waals surface area contributed by atoms with Crippen molar-refractivity contribution in [3.63, 3.8) is 0 Å². The largest absolute Gasteiger partial charge is 0.461 e. The third kappa shape index (κ3) is 11.7. The van der Waals surface area contributed by atoms with Crippen LogP contribution in [0.5, 0.6) is 0 Å². The lowest BCUT2D eigenvalue weighted by Crippen LogP contribution is -2.33. The molecule has 0 radical (unpaired) electrons. The summed E-state index contributed by atoms with van der Waals surface area (Å²) in [4.78, 5) is 22.1. The molecule has 150 valence electrons. The summed E-state index contributed by atoms with van der Waals surface area (Å²) >= 11 is 0. The minimum Gasteiger partial charge on any atom is -0.461 e. The van der Waals surface area contributed by atoms with Gasteiger partial charge in [0.15, 0.2) is 0 Å². The van der Waals surface area contributed by atoms with Crippen LogP contribution in [0.1, 0.15) is 18.4 Å². The number of aryl methyl sites for hydroxylation is 1. The van der Waals surface area contributed by atoms with Gasteiger partial charge in [0, 0.05) is 6.42 Å². The third-order valence-electron chi connectivity index (χ3n) is 2.99. The summed E-state index contributed by atoms with van der Waals surface area (Å²) in [6.45, 7) is 8.92. The highest BCUT2D eigenvalue weighted by Crippen LogP contribution is 2.08. The summed E-state index contributed by atoms with van der Waals surface area (Å²) in [5.41, 5.74) is 6.45. The van der Waals surface area contributed by atoms with Crippen molar-refractivity contribution in [1.82, 2.24) is 0 Å². The van der Waals surface area contributed by atoms with E-state index >= 15 is 0 Å². The predicted molar refractivity (Wildman–Crippen MR) is 101 cm³/mol. The zero-order valence-corrected chi connectivity index (χ0v) is 16.0. The number of nitrogens with two attached hydrogens (primary N) is 1. The summed E-state index contributed by atoms with van der Waals surface area (Å²) < 4.78 is 39.0. The molecule has 3 N–H and O–H groups in total. The molecule has 1 rings (SSSR count). The lowest BCUT2D eigenvalue weighted by atomic mass is 10.2. The monoisotopic (exact) mass is 399 g/mol. The number of benzene rings is 1. The van der Waals surface area contributed by atoms with Crippen LogP contribution in [0.2, 0.25) is 0 Å². The van der Waals surface area contributed by atoms with Crippen LogP contribution in [-0.2, 0) is 29.2 Å². The molecule has 27 heavy (non-hydrogen) atoms. The first-order valence-electron chi connectivity index (χ1n) is 7.95. The van der Waals surface area contributed by atoms with Gasteiger partial charge in [-0.05, 0) is 25.5 Å². The molecule has 9 heteroatoms. The lowest BCUT2D eigenvalue weighted by molar-refractivity contribution is -0.145. The average molecular weight is 399 g/mol. The molecule has 0 unspecified atom stereocenters. The van der Waals surface area contributed by atoms with Crippen LogP contribution in [0.25, 0.3) is 0 Å². The van der Waals surface area contributed by atoms with Crippen molar-refractivity contribution < 1.29 is 32.0 Å². The molecule has 0 amide bonds. The summed E-state index contributed by atoms with van der Waals surface area (Å²) in [5.74, 6) is -0.955. The summed E-state index contributed by atoms with van der Waals surface area (Å²) in [6.07, 6.45) is 3.20. The Morgan fingerprint density at radius 1 is 1.15 bits per heavy atom.